The number of nitro groups is 1. The van der Waals surface area contributed by atoms with Crippen LogP contribution in [0.2, 0.25) is 0 Å². The minimum Gasteiger partial charge on any atom is -0.490 e. The molecule has 1 N–H and O–H groups in total. The molecule has 1 heterocycles. The summed E-state index contributed by atoms with van der Waals surface area (Å²) in [6.07, 6.45) is 0.00990. The molecule has 0 aliphatic carbocycles. The summed E-state index contributed by atoms with van der Waals surface area (Å²) in [6, 6.07) is 11.3. The van der Waals surface area contributed by atoms with E-state index >= 15 is 0 Å². The van der Waals surface area contributed by atoms with Crippen LogP contribution in [0.25, 0.3) is 0 Å². The van der Waals surface area contributed by atoms with E-state index in [2.05, 4.69) is 5.32 Å². The Bertz CT molecular complexity index is 972. The van der Waals surface area contributed by atoms with Crippen LogP contribution in [0.4, 0.5) is 17.1 Å². The van der Waals surface area contributed by atoms with Crippen molar-refractivity contribution in [3.63, 3.8) is 0 Å². The second-order valence-corrected chi connectivity index (χ2v) is 6.98. The van der Waals surface area contributed by atoms with Crippen LogP contribution < -0.4 is 19.7 Å². The van der Waals surface area contributed by atoms with E-state index in [1.807, 2.05) is 6.07 Å². The molecular weight excluding hydrogens is 378 g/mol. The van der Waals surface area contributed by atoms with Crippen molar-refractivity contribution in [1.82, 2.24) is 0 Å². The molecule has 2 amide bonds. The molecular formula is C20H21N3O6. The molecule has 0 spiro atoms. The van der Waals surface area contributed by atoms with Crippen LogP contribution in [0.1, 0.15) is 20.3 Å². The quantitative estimate of drug-likeness (QED) is 0.590. The third-order valence-corrected chi connectivity index (χ3v) is 4.50. The molecule has 1 aliphatic heterocycles. The van der Waals surface area contributed by atoms with Crippen molar-refractivity contribution in [2.45, 2.75) is 25.9 Å². The predicted molar refractivity (Wildman–Crippen MR) is 106 cm³/mol. The lowest BCUT2D eigenvalue weighted by atomic mass is 10.0. The second-order valence-electron chi connectivity index (χ2n) is 6.98. The first-order chi connectivity index (χ1) is 13.7. The number of fused-ring (bicyclic) bond motifs is 1. The third-order valence-electron chi connectivity index (χ3n) is 4.50. The summed E-state index contributed by atoms with van der Waals surface area (Å²) in [6.45, 7) is 3.50. The van der Waals surface area contributed by atoms with Crippen LogP contribution in [-0.2, 0) is 9.59 Å². The van der Waals surface area contributed by atoms with Crippen LogP contribution in [0.15, 0.2) is 42.5 Å². The SMILES string of the molecule is COc1ccc(NC(=O)CCN2C(=O)C(C)(C)Oc3ccccc32)cc1[N+](=O)[O-]. The van der Waals surface area contributed by atoms with E-state index in [0.717, 1.165) is 0 Å². The van der Waals surface area contributed by atoms with E-state index in [-0.39, 0.29) is 41.9 Å². The van der Waals surface area contributed by atoms with Crippen LogP contribution in [-0.4, -0.2) is 36.0 Å². The number of nitrogens with one attached hydrogen (secondary N) is 1. The summed E-state index contributed by atoms with van der Waals surface area (Å²) in [5.74, 6) is 0.0529. The largest absolute Gasteiger partial charge is 0.490 e. The summed E-state index contributed by atoms with van der Waals surface area (Å²) < 4.78 is 10.7. The average Bonchev–Trinajstić information content (AvgIpc) is 2.68. The van der Waals surface area contributed by atoms with E-state index < -0.39 is 10.5 Å². The molecule has 0 unspecified atom stereocenters. The van der Waals surface area contributed by atoms with Gasteiger partial charge in [0.25, 0.3) is 5.91 Å². The van der Waals surface area contributed by atoms with E-state index in [0.29, 0.717) is 11.4 Å². The first-order valence-corrected chi connectivity index (χ1v) is 8.95. The maximum Gasteiger partial charge on any atom is 0.312 e. The highest BCUT2D eigenvalue weighted by atomic mass is 16.6. The van der Waals surface area contributed by atoms with Gasteiger partial charge >= 0.3 is 5.69 Å². The Morgan fingerprint density at radius 1 is 1.28 bits per heavy atom. The molecule has 152 valence electrons. The molecule has 0 atom stereocenters. The predicted octanol–water partition coefficient (Wildman–Crippen LogP) is 3.14. The number of hydrogen-bond donors (Lipinski definition) is 1. The number of anilines is 2. The summed E-state index contributed by atoms with van der Waals surface area (Å²) >= 11 is 0. The Kier molecular flexibility index (Phi) is 5.40. The van der Waals surface area contributed by atoms with Gasteiger partial charge in [-0.25, -0.2) is 0 Å². The summed E-state index contributed by atoms with van der Waals surface area (Å²) in [7, 11) is 1.33. The van der Waals surface area contributed by atoms with Gasteiger partial charge in [0.2, 0.25) is 5.91 Å². The Morgan fingerprint density at radius 2 is 2.00 bits per heavy atom. The minimum absolute atomic E-state index is 0.00990. The number of para-hydroxylation sites is 2. The highest BCUT2D eigenvalue weighted by molar-refractivity contribution is 6.03. The first-order valence-electron chi connectivity index (χ1n) is 8.95. The Labute approximate surface area is 167 Å². The number of rotatable bonds is 6. The maximum atomic E-state index is 12.8. The number of hydrogen-bond acceptors (Lipinski definition) is 6. The molecule has 9 nitrogen and oxygen atoms in total. The van der Waals surface area contributed by atoms with Crippen molar-refractivity contribution in [3.8, 4) is 11.5 Å². The fourth-order valence-corrected chi connectivity index (χ4v) is 3.09. The fourth-order valence-electron chi connectivity index (χ4n) is 3.09. The molecule has 2 aromatic rings. The van der Waals surface area contributed by atoms with Crippen molar-refractivity contribution in [1.29, 1.82) is 0 Å². The van der Waals surface area contributed by atoms with Crippen LogP contribution >= 0.6 is 0 Å². The zero-order chi connectivity index (χ0) is 21.2. The highest BCUT2D eigenvalue weighted by Crippen LogP contribution is 2.37. The molecule has 0 fully saturated rings. The van der Waals surface area contributed by atoms with Crippen molar-refractivity contribution in [2.24, 2.45) is 0 Å². The molecule has 9 heteroatoms. The molecule has 2 aromatic carbocycles. The number of carbonyl (C=O) groups is 2. The number of carbonyl (C=O) groups excluding carboxylic acids is 2. The van der Waals surface area contributed by atoms with E-state index in [4.69, 9.17) is 9.47 Å². The van der Waals surface area contributed by atoms with Crippen molar-refractivity contribution >= 4 is 28.9 Å². The summed E-state index contributed by atoms with van der Waals surface area (Å²) in [4.78, 5) is 37.2. The van der Waals surface area contributed by atoms with Crippen molar-refractivity contribution < 1.29 is 24.0 Å². The van der Waals surface area contributed by atoms with Crippen molar-refractivity contribution in [2.75, 3.05) is 23.9 Å². The first kappa shape index (κ1) is 20.1. The molecule has 0 saturated heterocycles. The Morgan fingerprint density at radius 3 is 2.69 bits per heavy atom. The molecule has 0 bridgehead atoms. The lowest BCUT2D eigenvalue weighted by Crippen LogP contribution is -2.53. The molecule has 0 aromatic heterocycles. The fraction of sp³-hybridized carbons (Fsp3) is 0.300. The van der Waals surface area contributed by atoms with Gasteiger partial charge in [-0.1, -0.05) is 12.1 Å². The zero-order valence-electron chi connectivity index (χ0n) is 16.3. The number of nitro benzene ring substituents is 1. The molecule has 1 aliphatic rings. The highest BCUT2D eigenvalue weighted by Gasteiger charge is 2.40. The van der Waals surface area contributed by atoms with Gasteiger partial charge in [0, 0.05) is 24.7 Å². The molecule has 0 saturated carbocycles. The molecule has 3 rings (SSSR count). The van der Waals surface area contributed by atoms with Crippen LogP contribution in [0.3, 0.4) is 0 Å². The zero-order valence-corrected chi connectivity index (χ0v) is 16.3. The third kappa shape index (κ3) is 4.13. The van der Waals surface area contributed by atoms with Gasteiger partial charge in [-0.05, 0) is 38.1 Å². The van der Waals surface area contributed by atoms with Gasteiger partial charge in [0.1, 0.15) is 5.75 Å². The van der Waals surface area contributed by atoms with Gasteiger partial charge in [-0.2, -0.15) is 0 Å². The van der Waals surface area contributed by atoms with Crippen molar-refractivity contribution in [3.05, 3.63) is 52.6 Å². The van der Waals surface area contributed by atoms with Gasteiger partial charge in [-0.3, -0.25) is 19.7 Å². The summed E-state index contributed by atoms with van der Waals surface area (Å²) in [5.41, 5.74) is -0.410. The molecule has 29 heavy (non-hydrogen) atoms. The monoisotopic (exact) mass is 399 g/mol. The smallest absolute Gasteiger partial charge is 0.312 e. The topological polar surface area (TPSA) is 111 Å². The van der Waals surface area contributed by atoms with Gasteiger partial charge in [0.15, 0.2) is 11.4 Å². The average molecular weight is 399 g/mol. The van der Waals surface area contributed by atoms with Crippen LogP contribution in [0.5, 0.6) is 11.5 Å². The van der Waals surface area contributed by atoms with E-state index in [9.17, 15) is 19.7 Å². The number of ether oxygens (including phenoxy) is 2. The maximum absolute atomic E-state index is 12.8. The molecule has 0 radical (unpaired) electrons. The van der Waals surface area contributed by atoms with Gasteiger partial charge < -0.3 is 19.7 Å². The minimum atomic E-state index is -1.04. The van der Waals surface area contributed by atoms with E-state index in [1.165, 1.54) is 30.2 Å². The normalized spacial score (nSPS) is 14.6. The standard InChI is InChI=1S/C20H21N3O6/c1-20(2)19(25)22(14-6-4-5-7-17(14)29-20)11-10-18(24)21-13-8-9-16(28-3)15(12-13)23(26)27/h4-9,12H,10-11H2,1-3H3,(H,21,24). The van der Waals surface area contributed by atoms with Crippen LogP contribution in [0, 0.1) is 10.1 Å². The lowest BCUT2D eigenvalue weighted by Gasteiger charge is -2.38. The Balaban J connectivity index is 1.72. The summed E-state index contributed by atoms with van der Waals surface area (Å²) in [5, 5.41) is 13.7. The number of benzene rings is 2. The van der Waals surface area contributed by atoms with Gasteiger partial charge in [0.05, 0.1) is 17.7 Å². The number of amides is 2. The number of methoxy groups -OCH3 is 1. The van der Waals surface area contributed by atoms with E-state index in [1.54, 1.807) is 32.0 Å². The number of nitrogens with zero attached hydrogens (tertiary/aromatic N) is 2. The van der Waals surface area contributed by atoms with Gasteiger partial charge in [-0.15, -0.1) is 0 Å². The second kappa shape index (κ2) is 7.78. The lowest BCUT2D eigenvalue weighted by molar-refractivity contribution is -0.385. The Hall–Kier alpha value is -3.62.